The van der Waals surface area contributed by atoms with E-state index in [0.29, 0.717) is 6.42 Å². The summed E-state index contributed by atoms with van der Waals surface area (Å²) in [7, 11) is 0. The van der Waals surface area contributed by atoms with Crippen LogP contribution < -0.4 is 21.7 Å². The second kappa shape index (κ2) is 13.9. The molecule has 2 saturated carbocycles. The number of nitrogens with two attached hydrogens (primary N) is 1. The number of primary amides is 1. The van der Waals surface area contributed by atoms with Crippen molar-refractivity contribution in [3.8, 4) is 0 Å². The van der Waals surface area contributed by atoms with E-state index >= 15 is 0 Å². The second-order valence-electron chi connectivity index (χ2n) is 13.1. The van der Waals surface area contributed by atoms with Crippen molar-refractivity contribution in [2.45, 2.75) is 135 Å². The lowest BCUT2D eigenvalue weighted by molar-refractivity contribution is -0.143. The van der Waals surface area contributed by atoms with Crippen molar-refractivity contribution in [3.05, 3.63) is 0 Å². The molecule has 12 heteroatoms. The minimum Gasteiger partial charge on any atom is -0.363 e. The Bertz CT molecular complexity index is 977. The molecule has 2 aliphatic carbocycles. The molecule has 1 heterocycles. The van der Waals surface area contributed by atoms with Gasteiger partial charge in [-0.25, -0.2) is 13.6 Å². The van der Waals surface area contributed by atoms with Gasteiger partial charge in [-0.1, -0.05) is 60.3 Å². The van der Waals surface area contributed by atoms with E-state index in [2.05, 4.69) is 29.8 Å². The molecule has 5 N–H and O–H groups in total. The summed E-state index contributed by atoms with van der Waals surface area (Å²) in [5.74, 6) is -7.72. The fourth-order valence-corrected chi connectivity index (χ4v) is 5.50. The Morgan fingerprint density at radius 3 is 2.05 bits per heavy atom. The molecule has 5 amide bonds. The SMILES string of the molecule is CC1(NC(=O)NC(C(=O)N2CCCC2C(=O)NC(CC2CC2(F)F)C(=O)C(N)=O)C(C)(C)C)CCCCC1.CCC. The van der Waals surface area contributed by atoms with Gasteiger partial charge in [-0.3, -0.25) is 19.2 Å². The number of hydrogen-bond donors (Lipinski definition) is 4. The van der Waals surface area contributed by atoms with Gasteiger partial charge in [0, 0.05) is 24.4 Å². The van der Waals surface area contributed by atoms with Crippen molar-refractivity contribution >= 4 is 29.5 Å². The van der Waals surface area contributed by atoms with E-state index in [1.165, 1.54) is 11.3 Å². The summed E-state index contributed by atoms with van der Waals surface area (Å²) in [6.45, 7) is 11.9. The van der Waals surface area contributed by atoms with Gasteiger partial charge in [-0.2, -0.15) is 0 Å². The third kappa shape index (κ3) is 9.63. The zero-order chi connectivity index (χ0) is 31.2. The van der Waals surface area contributed by atoms with Gasteiger partial charge in [0.05, 0.1) is 6.04 Å². The minimum absolute atomic E-state index is 0.250. The Kier molecular flexibility index (Phi) is 11.7. The maximum Gasteiger partial charge on any atom is 0.315 e. The average molecular weight is 586 g/mol. The molecule has 0 spiro atoms. The number of nitrogens with zero attached hydrogens (tertiary/aromatic N) is 1. The highest BCUT2D eigenvalue weighted by Gasteiger charge is 2.58. The van der Waals surface area contributed by atoms with Crippen molar-refractivity contribution in [2.24, 2.45) is 17.1 Å². The lowest BCUT2D eigenvalue weighted by atomic mass is 9.83. The number of amides is 5. The summed E-state index contributed by atoms with van der Waals surface area (Å²) in [5.41, 5.74) is 4.03. The lowest BCUT2D eigenvalue weighted by Gasteiger charge is -2.38. The number of nitrogens with one attached hydrogen (secondary N) is 3. The summed E-state index contributed by atoms with van der Waals surface area (Å²) in [4.78, 5) is 64.9. The van der Waals surface area contributed by atoms with Crippen LogP contribution in [0.2, 0.25) is 0 Å². The van der Waals surface area contributed by atoms with Crippen LogP contribution in [0.4, 0.5) is 13.6 Å². The number of likely N-dealkylation sites (tertiary alicyclic amines) is 1. The molecule has 0 aromatic heterocycles. The van der Waals surface area contributed by atoms with Crippen molar-refractivity contribution in [1.29, 1.82) is 0 Å². The first kappa shape index (κ1) is 34.4. The molecule has 1 aliphatic heterocycles. The molecule has 3 rings (SSSR count). The molecule has 3 fully saturated rings. The number of urea groups is 1. The quantitative estimate of drug-likeness (QED) is 0.306. The van der Waals surface area contributed by atoms with Gasteiger partial charge < -0.3 is 26.6 Å². The molecule has 0 radical (unpaired) electrons. The van der Waals surface area contributed by atoms with Gasteiger partial charge in [0.2, 0.25) is 17.6 Å². The van der Waals surface area contributed by atoms with E-state index in [9.17, 15) is 32.8 Å². The fourth-order valence-electron chi connectivity index (χ4n) is 5.50. The predicted molar refractivity (Wildman–Crippen MR) is 151 cm³/mol. The van der Waals surface area contributed by atoms with Crippen LogP contribution in [0.1, 0.15) is 106 Å². The molecule has 0 aromatic carbocycles. The van der Waals surface area contributed by atoms with Gasteiger partial charge in [0.15, 0.2) is 0 Å². The van der Waals surface area contributed by atoms with E-state index < -0.39 is 77.8 Å². The Hall–Kier alpha value is -2.79. The third-order valence-electron chi connectivity index (χ3n) is 7.95. The first-order valence-corrected chi connectivity index (χ1v) is 14.9. The van der Waals surface area contributed by atoms with Crippen LogP contribution in [-0.4, -0.2) is 70.6 Å². The molecule has 234 valence electrons. The van der Waals surface area contributed by atoms with Crippen LogP contribution in [0.3, 0.4) is 0 Å². The zero-order valence-electron chi connectivity index (χ0n) is 25.4. The molecule has 3 aliphatic rings. The fraction of sp³-hybridized carbons (Fsp3) is 0.828. The zero-order valence-corrected chi connectivity index (χ0v) is 25.4. The standard InChI is InChI=1S/C26H41F2N5O5.C3H8/c1-24(2,3)19(31-23(38)32-25(4)10-6-5-7-11-25)22(37)33-12-8-9-17(33)21(36)30-16(18(34)20(29)35)13-15-14-26(15,27)28;1-3-2/h15-17,19H,5-14H2,1-4H3,(H2,29,35)(H,30,36)(H2,31,32,38);3H2,1-2H3. The molecular formula is C29H49F2N5O5. The van der Waals surface area contributed by atoms with E-state index in [0.717, 1.165) is 32.1 Å². The summed E-state index contributed by atoms with van der Waals surface area (Å²) in [6.07, 6.45) is 6.04. The number of carbonyl (C=O) groups excluding carboxylic acids is 5. The van der Waals surface area contributed by atoms with Crippen LogP contribution in [-0.2, 0) is 19.2 Å². The minimum atomic E-state index is -2.95. The van der Waals surface area contributed by atoms with E-state index in [1.54, 1.807) is 20.8 Å². The summed E-state index contributed by atoms with van der Waals surface area (Å²) in [6, 6.07) is -3.87. The normalized spacial score (nSPS) is 24.1. The summed E-state index contributed by atoms with van der Waals surface area (Å²) >= 11 is 0. The van der Waals surface area contributed by atoms with Crippen molar-refractivity contribution in [3.63, 3.8) is 0 Å². The molecule has 1 saturated heterocycles. The summed E-state index contributed by atoms with van der Waals surface area (Å²) < 4.78 is 26.9. The molecule has 0 aromatic rings. The predicted octanol–water partition coefficient (Wildman–Crippen LogP) is 3.41. The average Bonchev–Trinajstić information content (AvgIpc) is 3.23. The van der Waals surface area contributed by atoms with Gasteiger partial charge in [-0.15, -0.1) is 0 Å². The van der Waals surface area contributed by atoms with Crippen LogP contribution in [0.5, 0.6) is 0 Å². The summed E-state index contributed by atoms with van der Waals surface area (Å²) in [5, 5.41) is 8.22. The Labute approximate surface area is 242 Å². The highest BCUT2D eigenvalue weighted by Crippen LogP contribution is 2.51. The molecule has 41 heavy (non-hydrogen) atoms. The van der Waals surface area contributed by atoms with E-state index in [4.69, 9.17) is 5.73 Å². The van der Waals surface area contributed by atoms with Crippen molar-refractivity contribution in [1.82, 2.24) is 20.9 Å². The Morgan fingerprint density at radius 2 is 1.56 bits per heavy atom. The highest BCUT2D eigenvalue weighted by molar-refractivity contribution is 6.37. The maximum absolute atomic E-state index is 13.7. The second-order valence-corrected chi connectivity index (χ2v) is 13.1. The number of halogens is 2. The van der Waals surface area contributed by atoms with E-state index in [1.807, 2.05) is 6.92 Å². The lowest BCUT2D eigenvalue weighted by Crippen LogP contribution is -2.61. The molecule has 10 nitrogen and oxygen atoms in total. The van der Waals surface area contributed by atoms with Crippen LogP contribution in [0.25, 0.3) is 0 Å². The molecule has 4 atom stereocenters. The number of carbonyl (C=O) groups is 5. The molecular weight excluding hydrogens is 536 g/mol. The molecule has 0 bridgehead atoms. The maximum atomic E-state index is 13.7. The number of ketones is 1. The largest absolute Gasteiger partial charge is 0.363 e. The van der Waals surface area contributed by atoms with Gasteiger partial charge in [-0.05, 0) is 44.4 Å². The number of hydrogen-bond acceptors (Lipinski definition) is 5. The van der Waals surface area contributed by atoms with Crippen LogP contribution in [0, 0.1) is 11.3 Å². The van der Waals surface area contributed by atoms with Crippen LogP contribution in [0.15, 0.2) is 0 Å². The highest BCUT2D eigenvalue weighted by atomic mass is 19.3. The Balaban J connectivity index is 0.00000187. The number of Topliss-reactive ketones (excluding diaryl/α,β-unsaturated/α-hetero) is 1. The number of rotatable bonds is 9. The van der Waals surface area contributed by atoms with E-state index in [-0.39, 0.29) is 18.5 Å². The van der Waals surface area contributed by atoms with Gasteiger partial charge in [0.1, 0.15) is 12.1 Å². The van der Waals surface area contributed by atoms with Crippen molar-refractivity contribution in [2.75, 3.05) is 6.54 Å². The van der Waals surface area contributed by atoms with Crippen molar-refractivity contribution < 1.29 is 32.8 Å². The van der Waals surface area contributed by atoms with Crippen LogP contribution >= 0.6 is 0 Å². The Morgan fingerprint density at radius 1 is 1.00 bits per heavy atom. The topological polar surface area (TPSA) is 151 Å². The van der Waals surface area contributed by atoms with Gasteiger partial charge in [0.25, 0.3) is 11.8 Å². The number of alkyl halides is 2. The third-order valence-corrected chi connectivity index (χ3v) is 7.95. The van der Waals surface area contributed by atoms with Gasteiger partial charge >= 0.3 is 6.03 Å². The smallest absolute Gasteiger partial charge is 0.315 e. The first-order valence-electron chi connectivity index (χ1n) is 14.9. The monoisotopic (exact) mass is 585 g/mol. The first-order chi connectivity index (χ1) is 19.0. The molecule has 4 unspecified atom stereocenters.